The van der Waals surface area contributed by atoms with Crippen LogP contribution in [0.2, 0.25) is 0 Å². The zero-order chi connectivity index (χ0) is 24.1. The van der Waals surface area contributed by atoms with Crippen LogP contribution in [0.5, 0.6) is 0 Å². The van der Waals surface area contributed by atoms with Crippen molar-refractivity contribution in [1.29, 1.82) is 0 Å². The number of H-pyrrole nitrogens is 2. The second-order valence-electron chi connectivity index (χ2n) is 10.1. The van der Waals surface area contributed by atoms with Gasteiger partial charge in [0.25, 0.3) is 0 Å². The summed E-state index contributed by atoms with van der Waals surface area (Å²) in [4.78, 5) is 17.4. The Morgan fingerprint density at radius 1 is 1.14 bits per heavy atom. The van der Waals surface area contributed by atoms with Crippen molar-refractivity contribution in [2.45, 2.75) is 38.8 Å². The third-order valence-electron chi connectivity index (χ3n) is 7.20. The zero-order valence-corrected chi connectivity index (χ0v) is 20.7. The molecule has 0 unspecified atom stereocenters. The smallest absolute Gasteiger partial charge is 0.226 e. The fraction of sp³-hybridized carbons (Fsp3) is 0.370. The molecule has 2 N–H and O–H groups in total. The summed E-state index contributed by atoms with van der Waals surface area (Å²) >= 11 is 0. The Bertz CT molecular complexity index is 1490. The van der Waals surface area contributed by atoms with Crippen LogP contribution in [0.3, 0.4) is 0 Å². The van der Waals surface area contributed by atoms with Crippen molar-refractivity contribution >= 4 is 21.9 Å². The standard InChI is InChI=1S/C27H31N7O/c1-16(2)24-21-11-17(27-29-12-19(35-27)15-34-10-8-18(14-34)33(3)4)5-6-23(21)31-25(24)20-7-9-28-26-22(20)13-30-32-26/h5-7,9,11-13,16,18,31H,8,10,14-15H2,1-4H3,(H,28,30,32)/t18-/m1/s1. The minimum Gasteiger partial charge on any atom is -0.440 e. The van der Waals surface area contributed by atoms with Gasteiger partial charge in [0.2, 0.25) is 5.89 Å². The highest BCUT2D eigenvalue weighted by atomic mass is 16.4. The number of likely N-dealkylation sites (N-methyl/N-ethyl adjacent to an activating group) is 1. The molecule has 8 heteroatoms. The average Bonchev–Trinajstić information content (AvgIpc) is 3.63. The van der Waals surface area contributed by atoms with Gasteiger partial charge < -0.3 is 14.3 Å². The van der Waals surface area contributed by atoms with Crippen LogP contribution in [-0.4, -0.2) is 68.2 Å². The fourth-order valence-corrected chi connectivity index (χ4v) is 5.34. The summed E-state index contributed by atoms with van der Waals surface area (Å²) in [5, 5.41) is 9.37. The molecule has 0 aliphatic carbocycles. The number of nitrogens with one attached hydrogen (secondary N) is 2. The van der Waals surface area contributed by atoms with E-state index in [1.165, 1.54) is 17.4 Å². The van der Waals surface area contributed by atoms with E-state index in [0.29, 0.717) is 17.9 Å². The van der Waals surface area contributed by atoms with Gasteiger partial charge in [-0.15, -0.1) is 0 Å². The van der Waals surface area contributed by atoms with Gasteiger partial charge >= 0.3 is 0 Å². The van der Waals surface area contributed by atoms with Gasteiger partial charge in [0, 0.05) is 52.7 Å². The van der Waals surface area contributed by atoms with Crippen molar-refractivity contribution in [1.82, 2.24) is 34.9 Å². The molecule has 1 aliphatic rings. The van der Waals surface area contributed by atoms with Crippen LogP contribution in [0.1, 0.15) is 37.5 Å². The predicted molar refractivity (Wildman–Crippen MR) is 138 cm³/mol. The van der Waals surface area contributed by atoms with Crippen LogP contribution < -0.4 is 0 Å². The van der Waals surface area contributed by atoms with Gasteiger partial charge in [0.15, 0.2) is 5.65 Å². The third-order valence-corrected chi connectivity index (χ3v) is 7.20. The minimum absolute atomic E-state index is 0.323. The Labute approximate surface area is 204 Å². The van der Waals surface area contributed by atoms with Crippen LogP contribution in [0.25, 0.3) is 44.6 Å². The van der Waals surface area contributed by atoms with E-state index in [0.717, 1.165) is 58.8 Å². The molecule has 6 rings (SSSR count). The number of hydrogen-bond acceptors (Lipinski definition) is 6. The van der Waals surface area contributed by atoms with E-state index in [1.807, 2.05) is 18.6 Å². The monoisotopic (exact) mass is 469 g/mol. The first kappa shape index (κ1) is 22.0. The van der Waals surface area contributed by atoms with E-state index >= 15 is 0 Å². The maximum atomic E-state index is 6.22. The largest absolute Gasteiger partial charge is 0.440 e. The molecule has 1 saturated heterocycles. The molecule has 1 aromatic carbocycles. The Balaban J connectivity index is 1.34. The van der Waals surface area contributed by atoms with Crippen LogP contribution >= 0.6 is 0 Å². The first-order valence-corrected chi connectivity index (χ1v) is 12.3. The first-order valence-electron chi connectivity index (χ1n) is 12.3. The van der Waals surface area contributed by atoms with E-state index < -0.39 is 0 Å². The average molecular weight is 470 g/mol. The molecule has 1 fully saturated rings. The molecule has 8 nitrogen and oxygen atoms in total. The molecule has 0 amide bonds. The van der Waals surface area contributed by atoms with Crippen molar-refractivity contribution in [3.8, 4) is 22.7 Å². The number of likely N-dealkylation sites (tertiary alicyclic amines) is 1. The highest BCUT2D eigenvalue weighted by molar-refractivity contribution is 5.99. The van der Waals surface area contributed by atoms with Crippen molar-refractivity contribution in [2.75, 3.05) is 27.2 Å². The molecule has 5 heterocycles. The summed E-state index contributed by atoms with van der Waals surface area (Å²) < 4.78 is 6.22. The lowest BCUT2D eigenvalue weighted by atomic mass is 9.95. The number of rotatable bonds is 6. The lowest BCUT2D eigenvalue weighted by Crippen LogP contribution is -2.31. The van der Waals surface area contributed by atoms with Crippen molar-refractivity contribution in [2.24, 2.45) is 0 Å². The van der Waals surface area contributed by atoms with Gasteiger partial charge in [0.1, 0.15) is 5.76 Å². The zero-order valence-electron chi connectivity index (χ0n) is 20.7. The topological polar surface area (TPSA) is 89.9 Å². The number of hydrogen-bond donors (Lipinski definition) is 2. The lowest BCUT2D eigenvalue weighted by Gasteiger charge is -2.19. The summed E-state index contributed by atoms with van der Waals surface area (Å²) in [5.74, 6) is 1.91. The molecule has 0 saturated carbocycles. The summed E-state index contributed by atoms with van der Waals surface area (Å²) in [6, 6.07) is 9.07. The maximum absolute atomic E-state index is 6.22. The number of oxazole rings is 1. The minimum atomic E-state index is 0.323. The van der Waals surface area contributed by atoms with Crippen LogP contribution in [-0.2, 0) is 6.54 Å². The predicted octanol–water partition coefficient (Wildman–Crippen LogP) is 5.02. The molecule has 0 radical (unpaired) electrons. The molecular weight excluding hydrogens is 438 g/mol. The number of fused-ring (bicyclic) bond motifs is 2. The molecule has 35 heavy (non-hydrogen) atoms. The number of aromatic amines is 2. The van der Waals surface area contributed by atoms with E-state index in [2.05, 4.69) is 87.2 Å². The molecule has 0 spiro atoms. The molecule has 4 aromatic heterocycles. The molecule has 0 bridgehead atoms. The van der Waals surface area contributed by atoms with Crippen molar-refractivity contribution < 1.29 is 4.42 Å². The second-order valence-corrected chi connectivity index (χ2v) is 10.1. The van der Waals surface area contributed by atoms with E-state index in [1.54, 1.807) is 0 Å². The number of aromatic nitrogens is 5. The normalized spacial score (nSPS) is 17.0. The van der Waals surface area contributed by atoms with Gasteiger partial charge in [-0.1, -0.05) is 13.8 Å². The van der Waals surface area contributed by atoms with E-state index in [4.69, 9.17) is 4.42 Å². The fourth-order valence-electron chi connectivity index (χ4n) is 5.34. The number of nitrogens with zero attached hydrogens (tertiary/aromatic N) is 5. The van der Waals surface area contributed by atoms with Gasteiger partial charge in [0.05, 0.1) is 24.6 Å². The van der Waals surface area contributed by atoms with Gasteiger partial charge in [-0.3, -0.25) is 10.00 Å². The van der Waals surface area contributed by atoms with Crippen molar-refractivity contribution in [3.05, 3.63) is 54.2 Å². The Kier molecular flexibility index (Phi) is 5.42. The second kappa shape index (κ2) is 8.62. The van der Waals surface area contributed by atoms with Gasteiger partial charge in [-0.2, -0.15) is 5.10 Å². The summed E-state index contributed by atoms with van der Waals surface area (Å²) in [5.41, 5.74) is 6.36. The number of benzene rings is 1. The SMILES string of the molecule is CC(C)c1c(-c2ccnc3[nH]ncc23)[nH]c2ccc(-c3ncc(CN4CC[C@@H](N(C)C)C4)o3)cc12. The maximum Gasteiger partial charge on any atom is 0.226 e. The summed E-state index contributed by atoms with van der Waals surface area (Å²) in [6.45, 7) is 7.42. The third kappa shape index (κ3) is 3.92. The first-order chi connectivity index (χ1) is 17.0. The van der Waals surface area contributed by atoms with E-state index in [9.17, 15) is 0 Å². The van der Waals surface area contributed by atoms with Crippen LogP contribution in [0, 0.1) is 0 Å². The van der Waals surface area contributed by atoms with Crippen LogP contribution in [0.4, 0.5) is 0 Å². The molecular formula is C27H31N7O. The molecule has 1 aliphatic heterocycles. The Morgan fingerprint density at radius 2 is 2.03 bits per heavy atom. The van der Waals surface area contributed by atoms with Crippen molar-refractivity contribution in [3.63, 3.8) is 0 Å². The summed E-state index contributed by atoms with van der Waals surface area (Å²) in [7, 11) is 4.31. The highest BCUT2D eigenvalue weighted by Gasteiger charge is 2.25. The van der Waals surface area contributed by atoms with Gasteiger partial charge in [-0.25, -0.2) is 9.97 Å². The Morgan fingerprint density at radius 3 is 2.83 bits per heavy atom. The summed E-state index contributed by atoms with van der Waals surface area (Å²) in [6.07, 6.45) is 6.74. The molecule has 5 aromatic rings. The van der Waals surface area contributed by atoms with Crippen LogP contribution in [0.15, 0.2) is 47.3 Å². The quantitative estimate of drug-likeness (QED) is 0.363. The molecule has 180 valence electrons. The number of pyridine rings is 1. The lowest BCUT2D eigenvalue weighted by molar-refractivity contribution is 0.252. The van der Waals surface area contributed by atoms with E-state index in [-0.39, 0.29) is 0 Å². The Hall–Kier alpha value is -3.49. The highest BCUT2D eigenvalue weighted by Crippen LogP contribution is 2.39. The molecule has 1 atom stereocenters. The van der Waals surface area contributed by atoms with Gasteiger partial charge in [-0.05, 0) is 56.3 Å².